The van der Waals surface area contributed by atoms with Gasteiger partial charge < -0.3 is 19.5 Å². The summed E-state index contributed by atoms with van der Waals surface area (Å²) in [6.45, 7) is 7.99. The number of hydrogen-bond acceptors (Lipinski definition) is 3. The third kappa shape index (κ3) is 5.31. The zero-order valence-electron chi connectivity index (χ0n) is 19.5. The molecule has 0 saturated carbocycles. The Kier molecular flexibility index (Phi) is 7.92. The van der Waals surface area contributed by atoms with Gasteiger partial charge in [0, 0.05) is 43.3 Å². The van der Waals surface area contributed by atoms with Gasteiger partial charge in [0.25, 0.3) is 11.8 Å². The Morgan fingerprint density at radius 3 is 2.38 bits per heavy atom. The van der Waals surface area contributed by atoms with Crippen LogP contribution in [0.4, 0.5) is 0 Å². The molecular weight excluding hydrogens is 402 g/mol. The first-order valence-corrected chi connectivity index (χ1v) is 11.3. The van der Waals surface area contributed by atoms with Crippen LogP contribution < -0.4 is 10.1 Å². The molecule has 0 aliphatic heterocycles. The molecule has 3 rings (SSSR count). The van der Waals surface area contributed by atoms with Gasteiger partial charge in [-0.15, -0.1) is 0 Å². The summed E-state index contributed by atoms with van der Waals surface area (Å²) in [4.78, 5) is 27.4. The average Bonchev–Trinajstić information content (AvgIpc) is 3.06. The molecule has 0 aliphatic carbocycles. The van der Waals surface area contributed by atoms with Crippen molar-refractivity contribution in [2.75, 3.05) is 19.7 Å². The monoisotopic (exact) mass is 435 g/mol. The molecule has 0 radical (unpaired) electrons. The molecule has 2 amide bonds. The molecular formula is C26H33N3O3. The summed E-state index contributed by atoms with van der Waals surface area (Å²) in [6.07, 6.45) is 1.84. The zero-order chi connectivity index (χ0) is 23.1. The molecule has 0 fully saturated rings. The predicted molar refractivity (Wildman–Crippen MR) is 128 cm³/mol. The van der Waals surface area contributed by atoms with Gasteiger partial charge in [0.1, 0.15) is 5.75 Å². The maximum absolute atomic E-state index is 13.1. The molecule has 0 bridgehead atoms. The van der Waals surface area contributed by atoms with Crippen molar-refractivity contribution in [1.29, 1.82) is 0 Å². The number of ether oxygens (including phenoxy) is 1. The topological polar surface area (TPSA) is 63.6 Å². The van der Waals surface area contributed by atoms with Crippen LogP contribution in [0.3, 0.4) is 0 Å². The number of carbonyl (C=O) groups is 2. The summed E-state index contributed by atoms with van der Waals surface area (Å²) >= 11 is 0. The van der Waals surface area contributed by atoms with Crippen LogP contribution in [0.1, 0.15) is 48.3 Å². The predicted octanol–water partition coefficient (Wildman–Crippen LogP) is 4.44. The van der Waals surface area contributed by atoms with Gasteiger partial charge in [-0.1, -0.05) is 44.2 Å². The van der Waals surface area contributed by atoms with Crippen molar-refractivity contribution in [3.8, 4) is 5.75 Å². The summed E-state index contributed by atoms with van der Waals surface area (Å²) in [6, 6.07) is 15.5. The second-order valence-corrected chi connectivity index (χ2v) is 8.04. The number of amides is 2. The molecule has 6 heteroatoms. The normalized spacial score (nSPS) is 10.9. The minimum atomic E-state index is -0.123. The van der Waals surface area contributed by atoms with Gasteiger partial charge in [-0.05, 0) is 43.5 Å². The van der Waals surface area contributed by atoms with E-state index in [1.54, 1.807) is 0 Å². The molecule has 32 heavy (non-hydrogen) atoms. The molecule has 0 saturated heterocycles. The summed E-state index contributed by atoms with van der Waals surface area (Å²) in [5.74, 6) is 0.447. The molecule has 0 spiro atoms. The SMILES string of the molecule is CCCN(CCC)C(=O)COc1ccc2c(c1)c(C(=O)NCc1ccccc1)c(C)n2C. The van der Waals surface area contributed by atoms with Crippen molar-refractivity contribution in [2.45, 2.75) is 40.2 Å². The minimum Gasteiger partial charge on any atom is -0.484 e. The third-order valence-electron chi connectivity index (χ3n) is 5.69. The average molecular weight is 436 g/mol. The maximum Gasteiger partial charge on any atom is 0.260 e. The molecule has 1 heterocycles. The van der Waals surface area contributed by atoms with E-state index in [1.807, 2.05) is 72.0 Å². The fourth-order valence-electron chi connectivity index (χ4n) is 3.93. The number of aryl methyl sites for hydroxylation is 1. The Balaban J connectivity index is 1.78. The van der Waals surface area contributed by atoms with Crippen LogP contribution in [0.2, 0.25) is 0 Å². The van der Waals surface area contributed by atoms with E-state index in [1.165, 1.54) is 0 Å². The van der Waals surface area contributed by atoms with E-state index in [0.717, 1.165) is 48.1 Å². The summed E-state index contributed by atoms with van der Waals surface area (Å²) < 4.78 is 7.84. The number of hydrogen-bond donors (Lipinski definition) is 1. The largest absolute Gasteiger partial charge is 0.484 e. The lowest BCUT2D eigenvalue weighted by atomic mass is 10.1. The molecule has 3 aromatic rings. The van der Waals surface area contributed by atoms with Gasteiger partial charge in [-0.3, -0.25) is 9.59 Å². The first kappa shape index (κ1) is 23.4. The zero-order valence-corrected chi connectivity index (χ0v) is 19.5. The van der Waals surface area contributed by atoms with Crippen LogP contribution in [0.15, 0.2) is 48.5 Å². The van der Waals surface area contributed by atoms with Crippen LogP contribution in [-0.2, 0) is 18.4 Å². The highest BCUT2D eigenvalue weighted by molar-refractivity contribution is 6.08. The van der Waals surface area contributed by atoms with E-state index in [2.05, 4.69) is 19.2 Å². The van der Waals surface area contributed by atoms with Gasteiger partial charge in [0.15, 0.2) is 6.61 Å². The summed E-state index contributed by atoms with van der Waals surface area (Å²) in [7, 11) is 1.95. The van der Waals surface area contributed by atoms with Crippen LogP contribution in [0.25, 0.3) is 10.9 Å². The molecule has 0 atom stereocenters. The maximum atomic E-state index is 13.1. The second-order valence-electron chi connectivity index (χ2n) is 8.04. The highest BCUT2D eigenvalue weighted by atomic mass is 16.5. The quantitative estimate of drug-likeness (QED) is 0.512. The van der Waals surface area contributed by atoms with E-state index >= 15 is 0 Å². The highest BCUT2D eigenvalue weighted by Gasteiger charge is 2.19. The van der Waals surface area contributed by atoms with Gasteiger partial charge >= 0.3 is 0 Å². The third-order valence-corrected chi connectivity index (χ3v) is 5.69. The first-order valence-electron chi connectivity index (χ1n) is 11.3. The number of rotatable bonds is 10. The smallest absolute Gasteiger partial charge is 0.260 e. The standard InChI is InChI=1S/C26H33N3O3/c1-5-14-29(15-6-2)24(30)18-32-21-12-13-23-22(16-21)25(19(3)28(23)4)26(31)27-17-20-10-8-7-9-11-20/h7-13,16H,5-6,14-15,17-18H2,1-4H3,(H,27,31). The van der Waals surface area contributed by atoms with Crippen molar-refractivity contribution in [2.24, 2.45) is 7.05 Å². The minimum absolute atomic E-state index is 0.00708. The number of nitrogens with one attached hydrogen (secondary N) is 1. The van der Waals surface area contributed by atoms with E-state index in [9.17, 15) is 9.59 Å². The van der Waals surface area contributed by atoms with Crippen molar-refractivity contribution in [1.82, 2.24) is 14.8 Å². The fourth-order valence-corrected chi connectivity index (χ4v) is 3.93. The Bertz CT molecular complexity index is 1070. The Labute approximate surface area is 190 Å². The molecule has 0 unspecified atom stereocenters. The van der Waals surface area contributed by atoms with E-state index in [4.69, 9.17) is 4.74 Å². The van der Waals surface area contributed by atoms with E-state index in [0.29, 0.717) is 17.9 Å². The Morgan fingerprint density at radius 1 is 1.03 bits per heavy atom. The highest BCUT2D eigenvalue weighted by Crippen LogP contribution is 2.29. The lowest BCUT2D eigenvalue weighted by Gasteiger charge is -2.21. The number of carbonyl (C=O) groups excluding carboxylic acids is 2. The van der Waals surface area contributed by atoms with Crippen LogP contribution in [-0.4, -0.2) is 41.0 Å². The lowest BCUT2D eigenvalue weighted by Crippen LogP contribution is -2.36. The van der Waals surface area contributed by atoms with Crippen LogP contribution >= 0.6 is 0 Å². The molecule has 1 aromatic heterocycles. The van der Waals surface area contributed by atoms with E-state index in [-0.39, 0.29) is 18.4 Å². The summed E-state index contributed by atoms with van der Waals surface area (Å²) in [5, 5.41) is 3.84. The van der Waals surface area contributed by atoms with Gasteiger partial charge in [0.05, 0.1) is 5.56 Å². The van der Waals surface area contributed by atoms with Crippen molar-refractivity contribution in [3.63, 3.8) is 0 Å². The number of aromatic nitrogens is 1. The first-order chi connectivity index (χ1) is 15.5. The molecule has 6 nitrogen and oxygen atoms in total. The van der Waals surface area contributed by atoms with Crippen molar-refractivity contribution < 1.29 is 14.3 Å². The van der Waals surface area contributed by atoms with Crippen molar-refractivity contribution >= 4 is 22.7 Å². The Hall–Kier alpha value is -3.28. The van der Waals surface area contributed by atoms with Gasteiger partial charge in [0.2, 0.25) is 0 Å². The van der Waals surface area contributed by atoms with E-state index < -0.39 is 0 Å². The number of benzene rings is 2. The van der Waals surface area contributed by atoms with Crippen LogP contribution in [0.5, 0.6) is 5.75 Å². The van der Waals surface area contributed by atoms with Gasteiger partial charge in [-0.2, -0.15) is 0 Å². The van der Waals surface area contributed by atoms with Gasteiger partial charge in [-0.25, -0.2) is 0 Å². The number of nitrogens with zero attached hydrogens (tertiary/aromatic N) is 2. The molecule has 1 N–H and O–H groups in total. The van der Waals surface area contributed by atoms with Crippen LogP contribution in [0, 0.1) is 6.92 Å². The number of fused-ring (bicyclic) bond motifs is 1. The summed E-state index contributed by atoms with van der Waals surface area (Å²) in [5.41, 5.74) is 3.51. The Morgan fingerprint density at radius 2 is 1.72 bits per heavy atom. The molecule has 170 valence electrons. The fraction of sp³-hybridized carbons (Fsp3) is 0.385. The lowest BCUT2D eigenvalue weighted by molar-refractivity contribution is -0.133. The van der Waals surface area contributed by atoms with Crippen molar-refractivity contribution in [3.05, 3.63) is 65.4 Å². The molecule has 2 aromatic carbocycles. The second kappa shape index (κ2) is 10.8. The molecule has 0 aliphatic rings.